The average Bonchev–Trinajstić information content (AvgIpc) is 4.05. The molecule has 0 spiro atoms. The summed E-state index contributed by atoms with van der Waals surface area (Å²) < 4.78 is 5.03. The minimum absolute atomic E-state index is 0.776. The summed E-state index contributed by atoms with van der Waals surface area (Å²) in [5.74, 6) is 0. The predicted molar refractivity (Wildman–Crippen MR) is 293 cm³/mol. The Hall–Kier alpha value is -8.70. The largest absolute Gasteiger partial charge is 0.323 e. The van der Waals surface area contributed by atoms with E-state index in [4.69, 9.17) is 0 Å². The molecule has 69 heavy (non-hydrogen) atoms. The summed E-state index contributed by atoms with van der Waals surface area (Å²) in [5.41, 5.74) is 14.3. The van der Waals surface area contributed by atoms with E-state index < -0.39 is 5.54 Å². The number of rotatable bonds is 8. The van der Waals surface area contributed by atoms with Crippen molar-refractivity contribution in [3.05, 3.63) is 278 Å². The van der Waals surface area contributed by atoms with Crippen LogP contribution >= 0.6 is 11.3 Å². The minimum Gasteiger partial charge on any atom is -0.323 e. The summed E-state index contributed by atoms with van der Waals surface area (Å²) in [6.45, 7) is 0. The molecule has 0 fully saturated rings. The van der Waals surface area contributed by atoms with Crippen molar-refractivity contribution >= 4 is 92.5 Å². The van der Waals surface area contributed by atoms with Crippen LogP contribution < -0.4 is 9.80 Å². The highest BCUT2D eigenvalue weighted by Crippen LogP contribution is 2.59. The fraction of sp³-hybridized carbons (Fsp3) is 0.0154. The third-order valence-corrected chi connectivity index (χ3v) is 15.5. The van der Waals surface area contributed by atoms with Gasteiger partial charge in [-0.15, -0.1) is 11.3 Å². The van der Waals surface area contributed by atoms with Crippen molar-refractivity contribution in [3.8, 4) is 16.8 Å². The Bertz CT molecular complexity index is 4090. The Morgan fingerprint density at radius 2 is 0.913 bits per heavy atom. The molecule has 0 saturated carbocycles. The summed E-state index contributed by atoms with van der Waals surface area (Å²) >= 11 is 1.87. The maximum Gasteiger partial charge on any atom is 0.122 e. The summed E-state index contributed by atoms with van der Waals surface area (Å²) in [4.78, 5) is 5.06. The van der Waals surface area contributed by atoms with Gasteiger partial charge in [0.05, 0.1) is 16.7 Å². The van der Waals surface area contributed by atoms with Crippen LogP contribution in [-0.2, 0) is 5.54 Å². The fourth-order valence-corrected chi connectivity index (χ4v) is 12.6. The molecular weight excluding hydrogens is 855 g/mol. The number of hydrogen-bond donors (Lipinski definition) is 0. The number of para-hydroxylation sites is 3. The zero-order chi connectivity index (χ0) is 45.5. The van der Waals surface area contributed by atoms with E-state index in [1.807, 2.05) is 11.3 Å². The van der Waals surface area contributed by atoms with Crippen LogP contribution in [0.1, 0.15) is 16.7 Å². The Balaban J connectivity index is 1.04. The highest BCUT2D eigenvalue weighted by atomic mass is 32.1. The second kappa shape index (κ2) is 15.7. The SMILES string of the molecule is c1ccc(N(c2ccc3c(c2)C(c2ccccc2)(N(c2ccccc2)c2ccc4c(c2)sc2ccccc24)c2ccccc2-3)c2ccc3c4ccccc4n(-c4cccc5ccccc45)c3c2)cc1. The molecule has 4 heteroatoms. The number of nitrogens with zero attached hydrogens (tertiary/aromatic N) is 3. The molecule has 11 aromatic carbocycles. The Kier molecular flexibility index (Phi) is 8.98. The van der Waals surface area contributed by atoms with Gasteiger partial charge in [0.1, 0.15) is 5.54 Å². The molecule has 3 nitrogen and oxygen atoms in total. The number of hydrogen-bond acceptors (Lipinski definition) is 3. The number of fused-ring (bicyclic) bond motifs is 10. The molecular formula is C65H43N3S. The van der Waals surface area contributed by atoms with Gasteiger partial charge < -0.3 is 14.4 Å². The van der Waals surface area contributed by atoms with Crippen molar-refractivity contribution in [1.29, 1.82) is 0 Å². The lowest BCUT2D eigenvalue weighted by Gasteiger charge is -2.45. The molecule has 1 unspecified atom stereocenters. The van der Waals surface area contributed by atoms with Crippen LogP contribution in [-0.4, -0.2) is 4.57 Å². The number of thiophene rings is 1. The monoisotopic (exact) mass is 897 g/mol. The molecule has 1 atom stereocenters. The van der Waals surface area contributed by atoms with Crippen LogP contribution in [0.5, 0.6) is 0 Å². The molecule has 0 N–H and O–H groups in total. The summed E-state index contributed by atoms with van der Waals surface area (Å²) in [6.07, 6.45) is 0. The van der Waals surface area contributed by atoms with Gasteiger partial charge in [0.25, 0.3) is 0 Å². The van der Waals surface area contributed by atoms with Gasteiger partial charge in [-0.1, -0.05) is 182 Å². The van der Waals surface area contributed by atoms with E-state index in [0.29, 0.717) is 0 Å². The van der Waals surface area contributed by atoms with Crippen molar-refractivity contribution in [2.24, 2.45) is 0 Å². The lowest BCUT2D eigenvalue weighted by atomic mass is 9.78. The summed E-state index contributed by atoms with van der Waals surface area (Å²) in [6, 6.07) is 96.3. The highest BCUT2D eigenvalue weighted by molar-refractivity contribution is 7.25. The van der Waals surface area contributed by atoms with E-state index in [-0.39, 0.29) is 0 Å². The molecule has 0 aliphatic heterocycles. The average molecular weight is 898 g/mol. The van der Waals surface area contributed by atoms with Crippen molar-refractivity contribution < 1.29 is 0 Å². The second-order valence-corrected chi connectivity index (χ2v) is 19.1. The van der Waals surface area contributed by atoms with Gasteiger partial charge in [0.2, 0.25) is 0 Å². The minimum atomic E-state index is -0.776. The van der Waals surface area contributed by atoms with E-state index in [9.17, 15) is 0 Å². The van der Waals surface area contributed by atoms with Crippen LogP contribution in [0.4, 0.5) is 28.4 Å². The van der Waals surface area contributed by atoms with Gasteiger partial charge in [-0.2, -0.15) is 0 Å². The van der Waals surface area contributed by atoms with Gasteiger partial charge in [-0.05, 0) is 112 Å². The molecule has 0 saturated heterocycles. The smallest absolute Gasteiger partial charge is 0.122 e. The number of benzene rings is 11. The van der Waals surface area contributed by atoms with E-state index in [1.165, 1.54) is 80.7 Å². The molecule has 0 radical (unpaired) electrons. The second-order valence-electron chi connectivity index (χ2n) is 18.0. The number of anilines is 5. The standard InChI is InChI=1S/C65H43N3S/c1-4-21-45(22-5-1)65(68(47-25-8-3-9-26-47)50-37-40-57-56-30-14-17-34-63(56)69-64(57)43-50)58-31-15-12-28-52(58)53-38-35-48(41-59(53)65)66(46-23-6-2-7-24-46)49-36-39-55-54-29-13-16-32-61(54)67(62(55)42-49)60-33-18-20-44-19-10-11-27-51(44)60/h1-43H. The van der Waals surface area contributed by atoms with Crippen LogP contribution in [0, 0.1) is 0 Å². The number of aromatic nitrogens is 1. The van der Waals surface area contributed by atoms with E-state index >= 15 is 0 Å². The maximum absolute atomic E-state index is 2.61. The molecule has 0 amide bonds. The zero-order valence-electron chi connectivity index (χ0n) is 37.6. The first-order chi connectivity index (χ1) is 34.2. The summed E-state index contributed by atoms with van der Waals surface area (Å²) in [5, 5.41) is 7.47. The Labute approximate surface area is 404 Å². The molecule has 13 aromatic rings. The first kappa shape index (κ1) is 39.5. The maximum atomic E-state index is 2.61. The Morgan fingerprint density at radius 3 is 1.75 bits per heavy atom. The molecule has 1 aliphatic rings. The van der Waals surface area contributed by atoms with Gasteiger partial charge in [-0.3, -0.25) is 0 Å². The van der Waals surface area contributed by atoms with Gasteiger partial charge in [0, 0.05) is 64.8 Å². The fourth-order valence-electron chi connectivity index (χ4n) is 11.5. The van der Waals surface area contributed by atoms with E-state index in [1.54, 1.807) is 0 Å². The van der Waals surface area contributed by atoms with Gasteiger partial charge in [0.15, 0.2) is 0 Å². The molecule has 2 aromatic heterocycles. The zero-order valence-corrected chi connectivity index (χ0v) is 38.4. The predicted octanol–water partition coefficient (Wildman–Crippen LogP) is 17.9. The van der Waals surface area contributed by atoms with Crippen molar-refractivity contribution in [2.45, 2.75) is 5.54 Å². The molecule has 324 valence electrons. The van der Waals surface area contributed by atoms with Crippen LogP contribution in [0.2, 0.25) is 0 Å². The van der Waals surface area contributed by atoms with Crippen molar-refractivity contribution in [2.75, 3.05) is 9.80 Å². The van der Waals surface area contributed by atoms with Crippen LogP contribution in [0.3, 0.4) is 0 Å². The quantitative estimate of drug-likeness (QED) is 0.151. The van der Waals surface area contributed by atoms with E-state index in [0.717, 1.165) is 34.0 Å². The molecule has 1 aliphatic carbocycles. The third-order valence-electron chi connectivity index (χ3n) is 14.4. The summed E-state index contributed by atoms with van der Waals surface area (Å²) in [7, 11) is 0. The molecule has 2 heterocycles. The highest BCUT2D eigenvalue weighted by Gasteiger charge is 2.50. The van der Waals surface area contributed by atoms with Crippen LogP contribution in [0.25, 0.3) is 69.6 Å². The normalized spacial score (nSPS) is 14.1. The van der Waals surface area contributed by atoms with E-state index in [2.05, 4.69) is 275 Å². The van der Waals surface area contributed by atoms with Gasteiger partial charge in [-0.25, -0.2) is 0 Å². The van der Waals surface area contributed by atoms with Crippen LogP contribution in [0.15, 0.2) is 261 Å². The van der Waals surface area contributed by atoms with Crippen molar-refractivity contribution in [1.82, 2.24) is 4.57 Å². The lowest BCUT2D eigenvalue weighted by Crippen LogP contribution is -2.44. The third kappa shape index (κ3) is 5.99. The van der Waals surface area contributed by atoms with Gasteiger partial charge >= 0.3 is 0 Å². The molecule has 0 bridgehead atoms. The van der Waals surface area contributed by atoms with Crippen molar-refractivity contribution in [3.63, 3.8) is 0 Å². The Morgan fingerprint density at radius 1 is 0.333 bits per heavy atom. The first-order valence-electron chi connectivity index (χ1n) is 23.7. The first-order valence-corrected chi connectivity index (χ1v) is 24.5. The molecule has 14 rings (SSSR count). The lowest BCUT2D eigenvalue weighted by molar-refractivity contribution is 0.644. The topological polar surface area (TPSA) is 11.4 Å².